The fourth-order valence-electron chi connectivity index (χ4n) is 1.29. The van der Waals surface area contributed by atoms with Crippen LogP contribution in [0.25, 0.3) is 0 Å². The lowest BCUT2D eigenvalue weighted by molar-refractivity contribution is -0.110. The summed E-state index contributed by atoms with van der Waals surface area (Å²) >= 11 is 0. The van der Waals surface area contributed by atoms with Gasteiger partial charge in [0.25, 0.3) is 0 Å². The van der Waals surface area contributed by atoms with Gasteiger partial charge in [0.05, 0.1) is 17.3 Å². The van der Waals surface area contributed by atoms with E-state index in [2.05, 4.69) is 20.8 Å². The van der Waals surface area contributed by atoms with E-state index in [0.29, 0.717) is 10.5 Å². The van der Waals surface area contributed by atoms with E-state index in [-0.39, 0.29) is 27.9 Å². The molecule has 1 saturated heterocycles. The summed E-state index contributed by atoms with van der Waals surface area (Å²) in [6, 6.07) is 0. The maximum Gasteiger partial charge on any atom is 0.331 e. The Balaban J connectivity index is 0.00000144. The minimum atomic E-state index is 0. The molecule has 1 nitrogen and oxygen atoms in total. The summed E-state index contributed by atoms with van der Waals surface area (Å²) < 4.78 is 0. The van der Waals surface area contributed by atoms with Crippen LogP contribution in [0.3, 0.4) is 0 Å². The molecule has 0 amide bonds. The van der Waals surface area contributed by atoms with Crippen LogP contribution in [0.1, 0.15) is 40.0 Å². The number of rotatable bonds is 2. The lowest BCUT2D eigenvalue weighted by Crippen LogP contribution is -3.00. The van der Waals surface area contributed by atoms with E-state index in [1.54, 1.807) is 0 Å². The molecule has 78 valence electrons. The normalized spacial score (nSPS) is 23.0. The van der Waals surface area contributed by atoms with Crippen LogP contribution in [0.4, 0.5) is 0 Å². The van der Waals surface area contributed by atoms with E-state index in [4.69, 9.17) is 0 Å². The molecule has 1 atom stereocenters. The second-order valence-electron chi connectivity index (χ2n) is 4.69. The highest BCUT2D eigenvalue weighted by Crippen LogP contribution is 2.23. The molecule has 0 N–H and O–H groups in total. The molecular weight excluding hydrogens is 248 g/mol. The average Bonchev–Trinajstić information content (AvgIpc) is 2.29. The molecule has 0 spiro atoms. The first-order valence-electron chi connectivity index (χ1n) is 4.69. The predicted octanol–water partition coefficient (Wildman–Crippen LogP) is -0.635. The third-order valence-corrected chi connectivity index (χ3v) is 4.52. The molecule has 13 heavy (non-hydrogen) atoms. The van der Waals surface area contributed by atoms with E-state index in [0.717, 1.165) is 18.6 Å². The molecule has 0 aromatic carbocycles. The van der Waals surface area contributed by atoms with Crippen molar-refractivity contribution in [1.29, 1.82) is 0 Å². The summed E-state index contributed by atoms with van der Waals surface area (Å²) in [5.41, 5.74) is 0.399. The largest absolute Gasteiger partial charge is 1.00 e. The molecule has 0 aromatic heterocycles. The van der Waals surface area contributed by atoms with Gasteiger partial charge in [-0.15, -0.1) is 0 Å². The van der Waals surface area contributed by atoms with Gasteiger partial charge in [-0.2, -0.15) is 0 Å². The maximum absolute atomic E-state index is 11.3. The van der Waals surface area contributed by atoms with Gasteiger partial charge in [-0.1, -0.05) is 20.8 Å². The lowest BCUT2D eigenvalue weighted by Gasteiger charge is -2.15. The van der Waals surface area contributed by atoms with Crippen molar-refractivity contribution in [2.24, 2.45) is 5.41 Å². The van der Waals surface area contributed by atoms with Crippen LogP contribution in [0.2, 0.25) is 0 Å². The number of carbonyl (C=O) groups excluding carboxylic acids is 1. The summed E-state index contributed by atoms with van der Waals surface area (Å²) in [7, 11) is 0.143. The van der Waals surface area contributed by atoms with Gasteiger partial charge in [0.2, 0.25) is 0 Å². The average molecular weight is 267 g/mol. The van der Waals surface area contributed by atoms with Crippen LogP contribution in [0, 0.1) is 5.41 Å². The van der Waals surface area contributed by atoms with Crippen molar-refractivity contribution in [2.45, 2.75) is 40.0 Å². The molecule has 0 aliphatic carbocycles. The monoisotopic (exact) mass is 266 g/mol. The molecule has 3 heteroatoms. The van der Waals surface area contributed by atoms with E-state index >= 15 is 0 Å². The van der Waals surface area contributed by atoms with Crippen LogP contribution >= 0.6 is 0 Å². The summed E-state index contributed by atoms with van der Waals surface area (Å²) in [6.07, 6.45) is 3.20. The van der Waals surface area contributed by atoms with Gasteiger partial charge < -0.3 is 17.0 Å². The van der Waals surface area contributed by atoms with Gasteiger partial charge in [-0.05, 0) is 11.8 Å². The molecule has 0 bridgehead atoms. The van der Waals surface area contributed by atoms with Crippen molar-refractivity contribution < 1.29 is 21.8 Å². The minimum Gasteiger partial charge on any atom is -1.00 e. The van der Waals surface area contributed by atoms with Gasteiger partial charge in [0, 0.05) is 6.42 Å². The predicted molar refractivity (Wildman–Crippen MR) is 55.4 cm³/mol. The first-order chi connectivity index (χ1) is 5.49. The molecule has 1 unspecified atom stereocenters. The Bertz CT molecular complexity index is 174. The van der Waals surface area contributed by atoms with E-state index in [1.165, 1.54) is 12.2 Å². The number of hydrogen-bond acceptors (Lipinski definition) is 1. The Morgan fingerprint density at radius 1 is 1.38 bits per heavy atom. The van der Waals surface area contributed by atoms with Crippen LogP contribution in [-0.2, 0) is 15.7 Å². The zero-order valence-corrected chi connectivity index (χ0v) is 11.1. The van der Waals surface area contributed by atoms with Gasteiger partial charge in [0.1, 0.15) is 11.5 Å². The first kappa shape index (κ1) is 13.5. The molecular formula is C10H19BrOS. The van der Waals surface area contributed by atoms with Crippen molar-refractivity contribution >= 4 is 16.0 Å². The van der Waals surface area contributed by atoms with Crippen molar-refractivity contribution in [3.8, 4) is 0 Å². The highest BCUT2D eigenvalue weighted by molar-refractivity contribution is 8.11. The van der Waals surface area contributed by atoms with E-state index < -0.39 is 0 Å². The summed E-state index contributed by atoms with van der Waals surface area (Å²) in [4.78, 5) is 11.3. The highest BCUT2D eigenvalue weighted by Gasteiger charge is 2.35. The van der Waals surface area contributed by atoms with Crippen molar-refractivity contribution in [3.05, 3.63) is 0 Å². The van der Waals surface area contributed by atoms with Crippen molar-refractivity contribution in [1.82, 2.24) is 0 Å². The Kier molecular flexibility index (Phi) is 5.61. The van der Waals surface area contributed by atoms with Gasteiger partial charge >= 0.3 is 5.12 Å². The number of halogens is 1. The first-order valence-corrected chi connectivity index (χ1v) is 6.26. The summed E-state index contributed by atoms with van der Waals surface area (Å²) in [6.45, 7) is 6.74. The van der Waals surface area contributed by atoms with Gasteiger partial charge in [-0.25, -0.2) is 4.79 Å². The molecule has 1 aliphatic rings. The Hall–Kier alpha value is 0.500. The standard InChI is InChI=1S/C10H19OS.BrH/c1-10(2,3)6-8-12-7-4-5-9(12)11;/h4-8H2,1-3H3;1H/q+1;/p-1. The second kappa shape index (κ2) is 5.40. The fraction of sp³-hybridized carbons (Fsp3) is 0.900. The van der Waals surface area contributed by atoms with Gasteiger partial charge in [0.15, 0.2) is 0 Å². The topological polar surface area (TPSA) is 17.1 Å². The summed E-state index contributed by atoms with van der Waals surface area (Å²) in [5, 5.41) is 0.541. The van der Waals surface area contributed by atoms with Gasteiger partial charge in [-0.3, -0.25) is 0 Å². The molecule has 0 saturated carbocycles. The molecule has 0 radical (unpaired) electrons. The molecule has 1 fully saturated rings. The molecule has 1 rings (SSSR count). The zero-order valence-electron chi connectivity index (χ0n) is 8.73. The Morgan fingerprint density at radius 2 is 2.00 bits per heavy atom. The van der Waals surface area contributed by atoms with Crippen molar-refractivity contribution in [3.63, 3.8) is 0 Å². The SMILES string of the molecule is CC(C)(C)CC[S+]1CCCC1=O.[Br-]. The minimum absolute atomic E-state index is 0. The summed E-state index contributed by atoms with van der Waals surface area (Å²) in [5.74, 6) is 2.32. The van der Waals surface area contributed by atoms with Crippen LogP contribution in [0.5, 0.6) is 0 Å². The molecule has 1 aliphatic heterocycles. The van der Waals surface area contributed by atoms with E-state index in [9.17, 15) is 4.79 Å². The van der Waals surface area contributed by atoms with Crippen LogP contribution < -0.4 is 17.0 Å². The highest BCUT2D eigenvalue weighted by atomic mass is 79.9. The zero-order chi connectivity index (χ0) is 9.19. The number of hydrogen-bond donors (Lipinski definition) is 0. The van der Waals surface area contributed by atoms with E-state index in [1.807, 2.05) is 0 Å². The lowest BCUT2D eigenvalue weighted by atomic mass is 9.94. The Labute approximate surface area is 94.8 Å². The molecule has 1 heterocycles. The number of carbonyl (C=O) groups is 1. The Morgan fingerprint density at radius 3 is 2.38 bits per heavy atom. The smallest absolute Gasteiger partial charge is 0.331 e. The molecule has 0 aromatic rings. The quantitative estimate of drug-likeness (QED) is 0.609. The second-order valence-corrected chi connectivity index (χ2v) is 6.94. The van der Waals surface area contributed by atoms with Crippen molar-refractivity contribution in [2.75, 3.05) is 11.5 Å². The third kappa shape index (κ3) is 5.06. The van der Waals surface area contributed by atoms with Crippen LogP contribution in [0.15, 0.2) is 0 Å². The fourth-order valence-corrected chi connectivity index (χ4v) is 3.74. The maximum atomic E-state index is 11.3. The van der Waals surface area contributed by atoms with Crippen LogP contribution in [-0.4, -0.2) is 16.6 Å². The third-order valence-electron chi connectivity index (χ3n) is 2.19.